The van der Waals surface area contributed by atoms with Gasteiger partial charge in [-0.15, -0.1) is 11.8 Å². The fraction of sp³-hybridized carbons (Fsp3) is 0.417. The molecule has 0 spiro atoms. The fourth-order valence-corrected chi connectivity index (χ4v) is 4.75. The van der Waals surface area contributed by atoms with Crippen LogP contribution < -0.4 is 5.73 Å². The Balaban J connectivity index is 2.17. The van der Waals surface area contributed by atoms with E-state index in [1.807, 2.05) is 30.5 Å². The summed E-state index contributed by atoms with van der Waals surface area (Å²) in [6.07, 6.45) is 3.26. The van der Waals surface area contributed by atoms with Crippen LogP contribution in [0.1, 0.15) is 32.3 Å². The molecule has 0 aromatic heterocycles. The van der Waals surface area contributed by atoms with Crippen LogP contribution in [0, 0.1) is 45.3 Å². The monoisotopic (exact) mass is 447 g/mol. The van der Waals surface area contributed by atoms with E-state index in [9.17, 15) is 20.6 Å². The van der Waals surface area contributed by atoms with Crippen molar-refractivity contribution >= 4 is 17.9 Å². The van der Waals surface area contributed by atoms with Crippen molar-refractivity contribution in [3.8, 4) is 18.2 Å². The van der Waals surface area contributed by atoms with Crippen LogP contribution in [0.2, 0.25) is 0 Å². The number of nitrogens with zero attached hydrogens (tertiary/aromatic N) is 4. The Bertz CT molecular complexity index is 1100. The molecule has 8 heteroatoms. The Morgan fingerprint density at radius 1 is 1.22 bits per heavy atom. The van der Waals surface area contributed by atoms with Crippen LogP contribution in [0.3, 0.4) is 0 Å². The van der Waals surface area contributed by atoms with Crippen LogP contribution >= 0.6 is 11.8 Å². The van der Waals surface area contributed by atoms with Gasteiger partial charge in [-0.1, -0.05) is 18.2 Å². The SMILES string of the molecule is CSc1ccc(C2[C@@H]3CN(C(=O)OC(C)(C)C)CC=C3C(C#N)=C(N)C2(C#N)C#N)cc1. The number of hydrogen-bond donors (Lipinski definition) is 1. The van der Waals surface area contributed by atoms with Crippen LogP contribution in [0.15, 0.2) is 52.1 Å². The van der Waals surface area contributed by atoms with E-state index in [0.29, 0.717) is 5.57 Å². The van der Waals surface area contributed by atoms with Gasteiger partial charge in [0, 0.05) is 29.8 Å². The molecule has 1 heterocycles. The molecule has 0 saturated carbocycles. The molecular formula is C24H25N5O2S. The molecule has 1 aliphatic heterocycles. The minimum atomic E-state index is -1.73. The van der Waals surface area contributed by atoms with Crippen LogP contribution in [0.25, 0.3) is 0 Å². The zero-order chi connectivity index (χ0) is 23.7. The normalized spacial score (nSPS) is 22.0. The van der Waals surface area contributed by atoms with Gasteiger partial charge in [0.15, 0.2) is 5.41 Å². The zero-order valence-electron chi connectivity index (χ0n) is 18.5. The summed E-state index contributed by atoms with van der Waals surface area (Å²) in [5, 5.41) is 30.1. The van der Waals surface area contributed by atoms with Gasteiger partial charge >= 0.3 is 6.09 Å². The third-order valence-corrected chi connectivity index (χ3v) is 6.53. The maximum absolute atomic E-state index is 12.8. The second kappa shape index (κ2) is 8.61. The summed E-state index contributed by atoms with van der Waals surface area (Å²) in [6.45, 7) is 5.84. The third kappa shape index (κ3) is 3.93. The summed E-state index contributed by atoms with van der Waals surface area (Å²) >= 11 is 1.58. The average Bonchev–Trinajstić information content (AvgIpc) is 2.77. The van der Waals surface area contributed by atoms with Gasteiger partial charge in [-0.2, -0.15) is 15.8 Å². The summed E-state index contributed by atoms with van der Waals surface area (Å²) in [6, 6.07) is 13.9. The zero-order valence-corrected chi connectivity index (χ0v) is 19.4. The molecule has 3 rings (SSSR count). The van der Waals surface area contributed by atoms with Gasteiger partial charge in [-0.3, -0.25) is 0 Å². The lowest BCUT2D eigenvalue weighted by Crippen LogP contribution is -2.50. The third-order valence-electron chi connectivity index (χ3n) is 5.79. The molecule has 0 radical (unpaired) electrons. The first-order valence-electron chi connectivity index (χ1n) is 10.2. The number of carbonyl (C=O) groups excluding carboxylic acids is 1. The second-order valence-electron chi connectivity index (χ2n) is 8.83. The Hall–Kier alpha value is -3.41. The highest BCUT2D eigenvalue weighted by molar-refractivity contribution is 7.98. The van der Waals surface area contributed by atoms with Gasteiger partial charge in [0.2, 0.25) is 0 Å². The minimum absolute atomic E-state index is 0.0304. The Kier molecular flexibility index (Phi) is 6.26. The quantitative estimate of drug-likeness (QED) is 0.677. The first-order valence-corrected chi connectivity index (χ1v) is 11.4. The van der Waals surface area contributed by atoms with Crippen molar-refractivity contribution < 1.29 is 9.53 Å². The summed E-state index contributed by atoms with van der Waals surface area (Å²) in [5.41, 5.74) is 5.48. The van der Waals surface area contributed by atoms with Gasteiger partial charge in [-0.25, -0.2) is 4.79 Å². The summed E-state index contributed by atoms with van der Waals surface area (Å²) in [5.74, 6) is -1.11. The van der Waals surface area contributed by atoms with Gasteiger partial charge in [0.25, 0.3) is 0 Å². The molecular weight excluding hydrogens is 422 g/mol. The van der Waals surface area contributed by atoms with Gasteiger partial charge in [0.1, 0.15) is 11.7 Å². The summed E-state index contributed by atoms with van der Waals surface area (Å²) < 4.78 is 5.53. The van der Waals surface area contributed by atoms with Crippen molar-refractivity contribution in [1.29, 1.82) is 15.8 Å². The molecule has 1 amide bonds. The maximum atomic E-state index is 12.8. The highest BCUT2D eigenvalue weighted by Gasteiger charge is 2.54. The number of nitriles is 3. The molecule has 164 valence electrons. The average molecular weight is 448 g/mol. The van der Waals surface area contributed by atoms with Crippen LogP contribution in [-0.2, 0) is 4.74 Å². The van der Waals surface area contributed by atoms with Gasteiger partial charge < -0.3 is 15.4 Å². The maximum Gasteiger partial charge on any atom is 0.410 e. The number of hydrogen-bond acceptors (Lipinski definition) is 7. The highest BCUT2D eigenvalue weighted by atomic mass is 32.2. The molecule has 0 fully saturated rings. The Morgan fingerprint density at radius 3 is 2.34 bits per heavy atom. The van der Waals surface area contributed by atoms with Crippen molar-refractivity contribution in [1.82, 2.24) is 4.90 Å². The van der Waals surface area contributed by atoms with E-state index in [2.05, 4.69) is 18.2 Å². The second-order valence-corrected chi connectivity index (χ2v) is 9.71. The number of amides is 1. The predicted octanol–water partition coefficient (Wildman–Crippen LogP) is 4.07. The van der Waals surface area contributed by atoms with E-state index in [1.54, 1.807) is 43.5 Å². The molecule has 0 saturated heterocycles. The Labute approximate surface area is 192 Å². The van der Waals surface area contributed by atoms with E-state index in [1.165, 1.54) is 0 Å². The number of rotatable bonds is 2. The summed E-state index contributed by atoms with van der Waals surface area (Å²) in [4.78, 5) is 15.4. The standard InChI is InChI=1S/C24H25N5O2S/c1-23(2,3)31-22(30)29-10-9-17-18(11-25)21(28)24(13-26,14-27)20(19(17)12-29)15-5-7-16(32-4)8-6-15/h5-9,19-20H,10,12,28H2,1-4H3/t19-,20?/m1/s1. The molecule has 7 nitrogen and oxygen atoms in total. The number of nitrogens with two attached hydrogens (primary N) is 1. The largest absolute Gasteiger partial charge is 0.444 e. The number of ether oxygens (including phenoxy) is 1. The lowest BCUT2D eigenvalue weighted by molar-refractivity contribution is 0.0224. The molecule has 2 N–H and O–H groups in total. The van der Waals surface area contributed by atoms with Gasteiger partial charge in [-0.05, 0) is 50.3 Å². The first kappa shape index (κ1) is 23.3. The minimum Gasteiger partial charge on any atom is -0.444 e. The molecule has 0 bridgehead atoms. The number of allylic oxidation sites excluding steroid dienone is 2. The molecule has 2 atom stereocenters. The van der Waals surface area contributed by atoms with Gasteiger partial charge in [0.05, 0.1) is 23.4 Å². The lowest BCUT2D eigenvalue weighted by atomic mass is 9.58. The molecule has 32 heavy (non-hydrogen) atoms. The Morgan fingerprint density at radius 2 is 1.84 bits per heavy atom. The molecule has 1 aromatic carbocycles. The topological polar surface area (TPSA) is 127 Å². The van der Waals surface area contributed by atoms with Crippen molar-refractivity contribution in [3.63, 3.8) is 0 Å². The van der Waals surface area contributed by atoms with Crippen molar-refractivity contribution in [3.05, 3.63) is 52.7 Å². The van der Waals surface area contributed by atoms with Crippen LogP contribution in [-0.4, -0.2) is 35.9 Å². The smallest absolute Gasteiger partial charge is 0.410 e. The number of fused-ring (bicyclic) bond motifs is 1. The first-order chi connectivity index (χ1) is 15.1. The molecule has 1 unspecified atom stereocenters. The van der Waals surface area contributed by atoms with Crippen molar-refractivity contribution in [2.24, 2.45) is 17.1 Å². The van der Waals surface area contributed by atoms with Crippen LogP contribution in [0.4, 0.5) is 4.79 Å². The molecule has 1 aromatic rings. The predicted molar refractivity (Wildman–Crippen MR) is 121 cm³/mol. The molecule has 2 aliphatic rings. The summed E-state index contributed by atoms with van der Waals surface area (Å²) in [7, 11) is 0. The molecule has 1 aliphatic carbocycles. The highest BCUT2D eigenvalue weighted by Crippen LogP contribution is 2.54. The van der Waals surface area contributed by atoms with Crippen molar-refractivity contribution in [2.45, 2.75) is 37.2 Å². The fourth-order valence-electron chi connectivity index (χ4n) is 4.34. The van der Waals surface area contributed by atoms with E-state index < -0.39 is 28.9 Å². The lowest BCUT2D eigenvalue weighted by Gasteiger charge is -2.45. The van der Waals surface area contributed by atoms with E-state index in [0.717, 1.165) is 10.5 Å². The van der Waals surface area contributed by atoms with E-state index in [4.69, 9.17) is 10.5 Å². The van der Waals surface area contributed by atoms with Crippen molar-refractivity contribution in [2.75, 3.05) is 19.3 Å². The number of thioether (sulfide) groups is 1. The number of carbonyl (C=O) groups is 1. The van der Waals surface area contributed by atoms with E-state index >= 15 is 0 Å². The number of benzene rings is 1. The van der Waals surface area contributed by atoms with Crippen LogP contribution in [0.5, 0.6) is 0 Å². The van der Waals surface area contributed by atoms with E-state index in [-0.39, 0.29) is 24.4 Å².